The number of benzene rings is 2. The lowest BCUT2D eigenvalue weighted by atomic mass is 10.1. The Morgan fingerprint density at radius 3 is 2.40 bits per heavy atom. The van der Waals surface area contributed by atoms with Gasteiger partial charge in [-0.2, -0.15) is 0 Å². The van der Waals surface area contributed by atoms with Crippen molar-refractivity contribution >= 4 is 5.82 Å². The Bertz CT molecular complexity index is 1090. The van der Waals surface area contributed by atoms with E-state index in [-0.39, 0.29) is 17.3 Å². The fourth-order valence-corrected chi connectivity index (χ4v) is 3.21. The number of halogens is 3. The molecule has 0 saturated heterocycles. The Hall–Kier alpha value is -3.33. The van der Waals surface area contributed by atoms with Gasteiger partial charge in [0.15, 0.2) is 17.7 Å². The molecule has 9 heteroatoms. The lowest BCUT2D eigenvalue weighted by Gasteiger charge is -2.20. The minimum absolute atomic E-state index is 0.0269. The number of alkyl halides is 2. The highest BCUT2D eigenvalue weighted by Crippen LogP contribution is 2.44. The van der Waals surface area contributed by atoms with Crippen molar-refractivity contribution < 1.29 is 27.4 Å². The van der Waals surface area contributed by atoms with Gasteiger partial charge in [0.25, 0.3) is 0 Å². The quantitative estimate of drug-likeness (QED) is 0.591. The van der Waals surface area contributed by atoms with Gasteiger partial charge in [0.1, 0.15) is 11.6 Å². The maximum absolute atomic E-state index is 13.6. The van der Waals surface area contributed by atoms with E-state index in [0.717, 1.165) is 5.56 Å². The minimum atomic E-state index is -3.68. The molecule has 2 heterocycles. The van der Waals surface area contributed by atoms with Gasteiger partial charge in [0.05, 0.1) is 18.1 Å². The lowest BCUT2D eigenvalue weighted by Crippen LogP contribution is -2.25. The van der Waals surface area contributed by atoms with Gasteiger partial charge in [-0.15, -0.1) is 8.78 Å². The van der Waals surface area contributed by atoms with E-state index in [1.54, 1.807) is 13.0 Å². The first-order valence-electron chi connectivity index (χ1n) is 9.04. The average molecular weight is 417 g/mol. The molecule has 0 radical (unpaired) electrons. The summed E-state index contributed by atoms with van der Waals surface area (Å²) in [5.41, 5.74) is 3.22. The number of aromatic nitrogens is 2. The van der Waals surface area contributed by atoms with E-state index >= 15 is 0 Å². The molecular weight excluding hydrogens is 399 g/mol. The molecule has 1 aliphatic heterocycles. The van der Waals surface area contributed by atoms with Gasteiger partial charge in [-0.1, -0.05) is 6.07 Å². The predicted octanol–water partition coefficient (Wildman–Crippen LogP) is 4.98. The van der Waals surface area contributed by atoms with Gasteiger partial charge in [-0.25, -0.2) is 9.37 Å². The van der Waals surface area contributed by atoms with Crippen LogP contribution in [0.4, 0.5) is 19.0 Å². The molecule has 0 fully saturated rings. The number of methoxy groups -OCH3 is 1. The number of hydrogen-bond acceptors (Lipinski definition) is 6. The maximum Gasteiger partial charge on any atom is 0.586 e. The standard InChI is InChI=1S/C21H18F3N3O3/c1-11-4-5-13(22)7-15(11)20(28-3)27-19-10-25-16(9-26-19)14-8-18-17(6-12(14)2)29-21(23,24)30-18/h4-10,20H,1-3H3,(H,26,27). The number of hydrogen-bond donors (Lipinski definition) is 1. The topological polar surface area (TPSA) is 65.5 Å². The summed E-state index contributed by atoms with van der Waals surface area (Å²) in [4.78, 5) is 8.67. The molecule has 0 aliphatic carbocycles. The van der Waals surface area contributed by atoms with Crippen LogP contribution >= 0.6 is 0 Å². The molecule has 1 atom stereocenters. The van der Waals surface area contributed by atoms with Crippen LogP contribution in [0.1, 0.15) is 22.9 Å². The Morgan fingerprint density at radius 2 is 1.73 bits per heavy atom. The zero-order valence-corrected chi connectivity index (χ0v) is 16.4. The molecule has 6 nitrogen and oxygen atoms in total. The fourth-order valence-electron chi connectivity index (χ4n) is 3.21. The summed E-state index contributed by atoms with van der Waals surface area (Å²) >= 11 is 0. The summed E-state index contributed by atoms with van der Waals surface area (Å²) in [6, 6.07) is 7.34. The summed E-state index contributed by atoms with van der Waals surface area (Å²) in [5, 5.41) is 3.05. The van der Waals surface area contributed by atoms with Crippen molar-refractivity contribution in [3.8, 4) is 22.8 Å². The molecule has 0 amide bonds. The van der Waals surface area contributed by atoms with Crippen LogP contribution in [0.3, 0.4) is 0 Å². The van der Waals surface area contributed by atoms with E-state index in [2.05, 4.69) is 24.8 Å². The molecule has 1 unspecified atom stereocenters. The number of ether oxygens (including phenoxy) is 3. The average Bonchev–Trinajstić information content (AvgIpc) is 3.00. The van der Waals surface area contributed by atoms with Gasteiger partial charge < -0.3 is 19.5 Å². The van der Waals surface area contributed by atoms with Crippen molar-refractivity contribution in [2.75, 3.05) is 12.4 Å². The highest BCUT2D eigenvalue weighted by Gasteiger charge is 2.43. The third-order valence-corrected chi connectivity index (χ3v) is 4.71. The Kier molecular flexibility index (Phi) is 4.98. The normalized spacial score (nSPS) is 15.1. The molecule has 3 aromatic rings. The Balaban J connectivity index is 1.57. The van der Waals surface area contributed by atoms with Gasteiger partial charge in [0.2, 0.25) is 0 Å². The first kappa shape index (κ1) is 20.0. The first-order valence-corrected chi connectivity index (χ1v) is 9.04. The van der Waals surface area contributed by atoms with E-state index in [0.29, 0.717) is 28.2 Å². The number of fused-ring (bicyclic) bond motifs is 1. The number of aryl methyl sites for hydroxylation is 2. The third kappa shape index (κ3) is 3.88. The zero-order chi connectivity index (χ0) is 21.5. The second-order valence-electron chi connectivity index (χ2n) is 6.83. The molecule has 1 aromatic heterocycles. The predicted molar refractivity (Wildman–Crippen MR) is 103 cm³/mol. The SMILES string of the molecule is COC(Nc1cnc(-c2cc3c(cc2C)OC(F)(F)O3)cn1)c1cc(F)ccc1C. The molecule has 1 aliphatic rings. The molecule has 30 heavy (non-hydrogen) atoms. The third-order valence-electron chi connectivity index (χ3n) is 4.71. The van der Waals surface area contributed by atoms with Crippen molar-refractivity contribution in [1.29, 1.82) is 0 Å². The van der Waals surface area contributed by atoms with E-state index in [4.69, 9.17) is 4.74 Å². The molecule has 0 saturated carbocycles. The summed E-state index contributed by atoms with van der Waals surface area (Å²) in [7, 11) is 1.50. The number of anilines is 1. The van der Waals surface area contributed by atoms with Crippen molar-refractivity contribution in [2.24, 2.45) is 0 Å². The first-order chi connectivity index (χ1) is 14.3. The van der Waals surface area contributed by atoms with Gasteiger partial charge >= 0.3 is 6.29 Å². The molecule has 156 valence electrons. The highest BCUT2D eigenvalue weighted by atomic mass is 19.3. The number of rotatable bonds is 5. The van der Waals surface area contributed by atoms with E-state index in [9.17, 15) is 13.2 Å². The number of nitrogens with zero attached hydrogens (tertiary/aromatic N) is 2. The maximum atomic E-state index is 13.6. The second-order valence-corrected chi connectivity index (χ2v) is 6.83. The monoisotopic (exact) mass is 417 g/mol. The second kappa shape index (κ2) is 7.49. The van der Waals surface area contributed by atoms with E-state index in [1.807, 2.05) is 6.92 Å². The van der Waals surface area contributed by atoms with E-state index in [1.165, 1.54) is 43.8 Å². The molecule has 1 N–H and O–H groups in total. The largest absolute Gasteiger partial charge is 0.586 e. The lowest BCUT2D eigenvalue weighted by molar-refractivity contribution is -0.286. The fraction of sp³-hybridized carbons (Fsp3) is 0.238. The van der Waals surface area contributed by atoms with Crippen LogP contribution in [0.25, 0.3) is 11.3 Å². The van der Waals surface area contributed by atoms with Gasteiger partial charge in [-0.05, 0) is 49.2 Å². The van der Waals surface area contributed by atoms with Crippen molar-refractivity contribution in [3.05, 3.63) is 65.2 Å². The van der Waals surface area contributed by atoms with Crippen LogP contribution in [0.15, 0.2) is 42.7 Å². The van der Waals surface area contributed by atoms with Crippen LogP contribution in [0, 0.1) is 19.7 Å². The number of nitrogens with one attached hydrogen (secondary N) is 1. The van der Waals surface area contributed by atoms with E-state index < -0.39 is 12.5 Å². The van der Waals surface area contributed by atoms with Crippen LogP contribution < -0.4 is 14.8 Å². The van der Waals surface area contributed by atoms with Crippen LogP contribution in [0.2, 0.25) is 0 Å². The van der Waals surface area contributed by atoms with Gasteiger partial charge in [-0.3, -0.25) is 4.98 Å². The van der Waals surface area contributed by atoms with Crippen LogP contribution in [0.5, 0.6) is 11.5 Å². The molecule has 0 spiro atoms. The Morgan fingerprint density at radius 1 is 1.00 bits per heavy atom. The van der Waals surface area contributed by atoms with Crippen molar-refractivity contribution in [1.82, 2.24) is 9.97 Å². The summed E-state index contributed by atoms with van der Waals surface area (Å²) < 4.78 is 54.6. The highest BCUT2D eigenvalue weighted by molar-refractivity contribution is 5.68. The molecular formula is C21H18F3N3O3. The van der Waals surface area contributed by atoms with Crippen LogP contribution in [-0.4, -0.2) is 23.4 Å². The minimum Gasteiger partial charge on any atom is -0.395 e. The summed E-state index contributed by atoms with van der Waals surface area (Å²) in [6.45, 7) is 3.60. The summed E-state index contributed by atoms with van der Waals surface area (Å²) in [5.74, 6) is -0.0598. The smallest absolute Gasteiger partial charge is 0.395 e. The molecule has 2 aromatic carbocycles. The molecule has 0 bridgehead atoms. The Labute approximate surface area is 170 Å². The van der Waals surface area contributed by atoms with Crippen molar-refractivity contribution in [2.45, 2.75) is 26.4 Å². The van der Waals surface area contributed by atoms with Gasteiger partial charge in [0, 0.05) is 18.2 Å². The summed E-state index contributed by atoms with van der Waals surface area (Å²) in [6.07, 6.45) is -1.34. The van der Waals surface area contributed by atoms with Crippen LogP contribution in [-0.2, 0) is 4.74 Å². The zero-order valence-electron chi connectivity index (χ0n) is 16.4. The molecule has 4 rings (SSSR count). The van der Waals surface area contributed by atoms with Crippen molar-refractivity contribution in [3.63, 3.8) is 0 Å².